The van der Waals surface area contributed by atoms with Crippen molar-refractivity contribution in [2.24, 2.45) is 23.7 Å². The second-order valence-corrected chi connectivity index (χ2v) is 40.3. The molecule has 3 aliphatic heterocycles. The Kier molecular flexibility index (Phi) is 10.6. The molecule has 0 radical (unpaired) electrons. The van der Waals surface area contributed by atoms with E-state index in [1.807, 2.05) is 0 Å². The molecule has 0 N–H and O–H groups in total. The predicted octanol–water partition coefficient (Wildman–Crippen LogP) is 12.9. The minimum absolute atomic E-state index is 0.514. The second-order valence-electron chi connectivity index (χ2n) is 26.2. The van der Waals surface area contributed by atoms with Crippen LogP contribution < -0.4 is 17.6 Å². The average molecular weight is 1210 g/mol. The molecule has 2 bridgehead atoms. The minimum atomic E-state index is -5.23. The molecule has 7 heteroatoms. The van der Waals surface area contributed by atoms with E-state index in [-0.39, 0.29) is 0 Å². The Labute approximate surface area is 493 Å². The van der Waals surface area contributed by atoms with Gasteiger partial charge in [-0.2, -0.15) is 0 Å². The Morgan fingerprint density at radius 1 is 0.313 bits per heavy atom. The molecule has 3 saturated heterocycles. The van der Waals surface area contributed by atoms with E-state index in [0.717, 1.165) is 11.1 Å². The Morgan fingerprint density at radius 2 is 0.530 bits per heavy atom. The summed E-state index contributed by atoms with van der Waals surface area (Å²) in [5.41, 5.74) is 23.0. The number of aryl methyl sites for hydroxylation is 12. The molecule has 410 valence electrons. The molecule has 0 aromatic heterocycles. The fourth-order valence-corrected chi connectivity index (χ4v) is 49.3. The summed E-state index contributed by atoms with van der Waals surface area (Å²) in [4.78, 5) is 32.9. The molecule has 9 aromatic rings. The Bertz CT molecular complexity index is 3890. The van der Waals surface area contributed by atoms with Crippen LogP contribution in [0.25, 0.3) is 22.3 Å². The summed E-state index contributed by atoms with van der Waals surface area (Å²) in [6.07, 6.45) is 0. The molecular weight excluding hydrogens is 1140 g/mol. The van der Waals surface area contributed by atoms with Gasteiger partial charge in [0.15, 0.2) is 0 Å². The number of esters is 2. The summed E-state index contributed by atoms with van der Waals surface area (Å²) in [7, 11) is 0. The molecule has 3 heterocycles. The van der Waals surface area contributed by atoms with Crippen molar-refractivity contribution in [2.45, 2.75) is 103 Å². The summed E-state index contributed by atoms with van der Waals surface area (Å²) < 4.78 is 28.9. The van der Waals surface area contributed by atoms with Crippen LogP contribution in [0.5, 0.6) is 0 Å². The quantitative estimate of drug-likeness (QED) is 0.0998. The molecule has 1 saturated carbocycles. The molecule has 4 spiro atoms. The van der Waals surface area contributed by atoms with Gasteiger partial charge in [0.05, 0.1) is 0 Å². The van der Waals surface area contributed by atoms with Crippen LogP contribution in [0.3, 0.4) is 0 Å². The van der Waals surface area contributed by atoms with Crippen molar-refractivity contribution in [1.29, 1.82) is 0 Å². The zero-order valence-corrected chi connectivity index (χ0v) is 53.7. The van der Waals surface area contributed by atoms with E-state index in [1.165, 1.54) is 129 Å². The normalized spacial score (nSPS) is 24.9. The Balaban J connectivity index is 1.25. The number of ether oxygens (including phenoxy) is 1. The first kappa shape index (κ1) is 51.7. The van der Waals surface area contributed by atoms with Crippen LogP contribution in [0.1, 0.15) is 100 Å². The summed E-state index contributed by atoms with van der Waals surface area (Å²) in [5.74, 6) is -4.26. The van der Waals surface area contributed by atoms with E-state index in [9.17, 15) is 7.53 Å². The van der Waals surface area contributed by atoms with Crippen molar-refractivity contribution < 1.29 is 21.9 Å². The number of hydrogen-bond donors (Lipinski definition) is 0. The van der Waals surface area contributed by atoms with Gasteiger partial charge in [0.25, 0.3) is 0 Å². The SMILES string of the molecule is Cc1cc(C)[c]([Ge]2([c]3c(C)cc(C)cc3C)[O][C@]34c5ccccc5[C@@]5([O][Ge]([c]6c(C)cc(C)cc6C)([c]6c(C)cc(C)cc6C)[C]6(c7ccccc7-c7ccccc76)[C@H]5[C@@H]3[C]23c2ccccc2-c2ccccc23)[C@H]2C(=O)OC(=O)[C@H]24)c(C)c1. The van der Waals surface area contributed by atoms with E-state index in [0.29, 0.717) is 0 Å². The molecule has 8 aliphatic rings. The van der Waals surface area contributed by atoms with Gasteiger partial charge in [0.1, 0.15) is 0 Å². The first-order chi connectivity index (χ1) is 39.9. The molecule has 4 fully saturated rings. The van der Waals surface area contributed by atoms with Crippen molar-refractivity contribution in [1.82, 2.24) is 0 Å². The Hall–Kier alpha value is -6.87. The van der Waals surface area contributed by atoms with Gasteiger partial charge in [-0.05, 0) is 0 Å². The Morgan fingerprint density at radius 3 is 0.771 bits per heavy atom. The van der Waals surface area contributed by atoms with Crippen LogP contribution in [0.4, 0.5) is 0 Å². The van der Waals surface area contributed by atoms with Crippen LogP contribution in [0, 0.1) is 107 Å². The average Bonchev–Trinajstić information content (AvgIpc) is 1.43. The van der Waals surface area contributed by atoms with Crippen molar-refractivity contribution in [2.75, 3.05) is 0 Å². The van der Waals surface area contributed by atoms with Gasteiger partial charge in [-0.25, -0.2) is 0 Å². The first-order valence-electron chi connectivity index (χ1n) is 29.9. The van der Waals surface area contributed by atoms with Gasteiger partial charge < -0.3 is 0 Å². The van der Waals surface area contributed by atoms with Crippen LogP contribution in [0.2, 0.25) is 0 Å². The zero-order valence-electron chi connectivity index (χ0n) is 49.5. The van der Waals surface area contributed by atoms with E-state index in [1.54, 1.807) is 0 Å². The van der Waals surface area contributed by atoms with Crippen LogP contribution in [-0.4, -0.2) is 39.1 Å². The third-order valence-corrected chi connectivity index (χ3v) is 45.2. The number of rotatable bonds is 4. The number of fused-ring (bicyclic) bond motifs is 10. The molecule has 9 aromatic carbocycles. The van der Waals surface area contributed by atoms with Crippen molar-refractivity contribution in [3.63, 3.8) is 0 Å². The predicted molar refractivity (Wildman–Crippen MR) is 335 cm³/mol. The molecule has 17 rings (SSSR count). The van der Waals surface area contributed by atoms with Crippen molar-refractivity contribution in [3.05, 3.63) is 270 Å². The molecule has 0 amide bonds. The number of carbonyl (C=O) groups excluding carboxylic acids is 2. The number of cyclic esters (lactones) is 2. The maximum atomic E-state index is 16.4. The summed E-state index contributed by atoms with van der Waals surface area (Å²) in [6.45, 7) is 27.4. The van der Waals surface area contributed by atoms with Gasteiger partial charge in [-0.1, -0.05) is 0 Å². The van der Waals surface area contributed by atoms with Gasteiger partial charge in [0, 0.05) is 0 Å². The summed E-state index contributed by atoms with van der Waals surface area (Å²) in [6, 6.07) is 65.0. The molecular formula is C76H68Ge2O5. The summed E-state index contributed by atoms with van der Waals surface area (Å²) >= 11 is -10.5. The molecule has 0 unspecified atom stereocenters. The third-order valence-electron chi connectivity index (χ3n) is 21.8. The van der Waals surface area contributed by atoms with Gasteiger partial charge in [0.2, 0.25) is 0 Å². The van der Waals surface area contributed by atoms with Crippen LogP contribution >= 0.6 is 0 Å². The third kappa shape index (κ3) is 5.67. The van der Waals surface area contributed by atoms with Gasteiger partial charge in [-0.3, -0.25) is 0 Å². The number of hydrogen-bond acceptors (Lipinski definition) is 5. The topological polar surface area (TPSA) is 61.8 Å². The maximum absolute atomic E-state index is 16.4. The van der Waals surface area contributed by atoms with Crippen LogP contribution in [-0.2, 0) is 41.6 Å². The summed E-state index contributed by atoms with van der Waals surface area (Å²) in [5, 5.41) is 0. The molecule has 83 heavy (non-hydrogen) atoms. The number of carbonyl (C=O) groups is 2. The van der Waals surface area contributed by atoms with Crippen molar-refractivity contribution in [3.8, 4) is 22.3 Å². The van der Waals surface area contributed by atoms with Gasteiger partial charge in [-0.15, -0.1) is 0 Å². The fourth-order valence-electron chi connectivity index (χ4n) is 20.8. The van der Waals surface area contributed by atoms with E-state index in [4.69, 9.17) is 4.74 Å². The second kappa shape index (κ2) is 16.9. The van der Waals surface area contributed by atoms with E-state index < -0.39 is 82.5 Å². The van der Waals surface area contributed by atoms with E-state index in [2.05, 4.69) is 253 Å². The molecule has 5 aliphatic carbocycles. The van der Waals surface area contributed by atoms with Gasteiger partial charge >= 0.3 is 497 Å². The molecule has 5 nitrogen and oxygen atoms in total. The number of benzene rings is 9. The monoisotopic (exact) mass is 1210 g/mol. The van der Waals surface area contributed by atoms with Crippen LogP contribution in [0.15, 0.2) is 170 Å². The first-order valence-corrected chi connectivity index (χ1v) is 37.9. The van der Waals surface area contributed by atoms with E-state index >= 15 is 9.59 Å². The van der Waals surface area contributed by atoms with Crippen molar-refractivity contribution >= 4 is 56.7 Å². The zero-order chi connectivity index (χ0) is 57.4. The fraction of sp³-hybridized carbons (Fsp3) is 0.263. The standard InChI is InChI=1S/C76H68Ge2O5/c1-41-33-45(5)65(46(6)34-41)77(66-47(7)35-42(2)36-48(66)8)73(57-27-17-13-23-53(57)54-24-14-18-28-58(54)73)69-70-74(59-29-19-15-25-55(59)56-26-16-20-30-60(56)74)78(67-49(9)37-43(3)38-50(67)10,68-51(11)39-44(4)40-52(68)12)83-76(70)62-32-22-21-31-61(62)75(69,82-77)63-64(76)72(80)81-71(63)79/h13-40,63-64,69-70H,1-12H3/t63-,64+,69-,70-,75-,76+/m1/s1. The molecule has 6 atom stereocenters.